The molecule has 1 atom stereocenters. The summed E-state index contributed by atoms with van der Waals surface area (Å²) in [7, 11) is 0. The van der Waals surface area contributed by atoms with Crippen LogP contribution in [-0.2, 0) is 4.74 Å². The summed E-state index contributed by atoms with van der Waals surface area (Å²) in [6, 6.07) is 0. The summed E-state index contributed by atoms with van der Waals surface area (Å²) >= 11 is 0. The van der Waals surface area contributed by atoms with Crippen molar-refractivity contribution in [2.45, 2.75) is 50.5 Å². The zero-order valence-electron chi connectivity index (χ0n) is 10.9. The minimum Gasteiger partial charge on any atom is -0.446 e. The highest BCUT2D eigenvalue weighted by Crippen LogP contribution is 2.26. The van der Waals surface area contributed by atoms with E-state index >= 15 is 0 Å². The molecule has 1 N–H and O–H groups in total. The van der Waals surface area contributed by atoms with E-state index in [0.717, 1.165) is 19.3 Å². The van der Waals surface area contributed by atoms with Gasteiger partial charge in [0.25, 0.3) is 0 Å². The number of likely N-dealkylation sites (tertiary alicyclic amines) is 1. The number of ether oxygens (including phenoxy) is 1. The molecule has 1 saturated carbocycles. The first-order valence-electron chi connectivity index (χ1n) is 7.02. The molecule has 0 spiro atoms. The van der Waals surface area contributed by atoms with Gasteiger partial charge in [-0.15, -0.1) is 10.2 Å². The molecule has 3 rings (SSSR count). The van der Waals surface area contributed by atoms with E-state index in [1.54, 1.807) is 4.90 Å². The number of aromatic amines is 1. The van der Waals surface area contributed by atoms with Crippen LogP contribution in [0.5, 0.6) is 0 Å². The molecule has 0 bridgehead atoms. The first-order valence-corrected chi connectivity index (χ1v) is 7.02. The fraction of sp³-hybridized carbons (Fsp3) is 0.833. The van der Waals surface area contributed by atoms with E-state index in [0.29, 0.717) is 18.9 Å². The average molecular weight is 265 g/mol. The van der Waals surface area contributed by atoms with Crippen molar-refractivity contribution in [1.82, 2.24) is 25.5 Å². The van der Waals surface area contributed by atoms with Crippen molar-refractivity contribution < 1.29 is 9.53 Å². The summed E-state index contributed by atoms with van der Waals surface area (Å²) in [5, 5.41) is 14.0. The van der Waals surface area contributed by atoms with E-state index in [2.05, 4.69) is 20.6 Å². The van der Waals surface area contributed by atoms with Crippen LogP contribution < -0.4 is 0 Å². The predicted molar refractivity (Wildman–Crippen MR) is 66.5 cm³/mol. The number of nitrogens with zero attached hydrogens (tertiary/aromatic N) is 4. The lowest BCUT2D eigenvalue weighted by molar-refractivity contribution is 0.0505. The SMILES string of the molecule is O=C(OC1CCCCC1)N1CCC(c2nn[nH]n2)C1. The molecule has 1 unspecified atom stereocenters. The number of hydrogen-bond donors (Lipinski definition) is 1. The Morgan fingerprint density at radius 3 is 2.84 bits per heavy atom. The Kier molecular flexibility index (Phi) is 3.61. The van der Waals surface area contributed by atoms with Gasteiger partial charge in [-0.3, -0.25) is 0 Å². The summed E-state index contributed by atoms with van der Waals surface area (Å²) in [4.78, 5) is 13.8. The van der Waals surface area contributed by atoms with Crippen molar-refractivity contribution in [3.63, 3.8) is 0 Å². The molecule has 1 aromatic rings. The second kappa shape index (κ2) is 5.54. The summed E-state index contributed by atoms with van der Waals surface area (Å²) in [6.07, 6.45) is 6.43. The van der Waals surface area contributed by atoms with Crippen LogP contribution in [0.1, 0.15) is 50.3 Å². The fourth-order valence-electron chi connectivity index (χ4n) is 2.88. The van der Waals surface area contributed by atoms with Crippen LogP contribution in [0.2, 0.25) is 0 Å². The number of tetrazole rings is 1. The third kappa shape index (κ3) is 2.85. The number of hydrogen-bond acceptors (Lipinski definition) is 5. The number of nitrogens with one attached hydrogen (secondary N) is 1. The lowest BCUT2D eigenvalue weighted by Crippen LogP contribution is -2.33. The topological polar surface area (TPSA) is 84.0 Å². The second-order valence-corrected chi connectivity index (χ2v) is 5.35. The van der Waals surface area contributed by atoms with E-state index in [-0.39, 0.29) is 18.1 Å². The Hall–Kier alpha value is -1.66. The van der Waals surface area contributed by atoms with E-state index < -0.39 is 0 Å². The van der Waals surface area contributed by atoms with Gasteiger partial charge in [0, 0.05) is 19.0 Å². The molecular weight excluding hydrogens is 246 g/mol. The van der Waals surface area contributed by atoms with Crippen LogP contribution in [-0.4, -0.2) is 50.8 Å². The highest BCUT2D eigenvalue weighted by molar-refractivity contribution is 5.68. The molecule has 1 amide bonds. The molecule has 2 heterocycles. The zero-order valence-corrected chi connectivity index (χ0v) is 10.9. The third-order valence-corrected chi connectivity index (χ3v) is 3.99. The fourth-order valence-corrected chi connectivity index (χ4v) is 2.88. The molecule has 7 nitrogen and oxygen atoms in total. The Bertz CT molecular complexity index is 416. The van der Waals surface area contributed by atoms with Crippen molar-refractivity contribution in [1.29, 1.82) is 0 Å². The lowest BCUT2D eigenvalue weighted by Gasteiger charge is -2.24. The van der Waals surface area contributed by atoms with Crippen LogP contribution in [0, 0.1) is 0 Å². The van der Waals surface area contributed by atoms with Crippen LogP contribution in [0.15, 0.2) is 0 Å². The molecule has 0 radical (unpaired) electrons. The van der Waals surface area contributed by atoms with Crippen molar-refractivity contribution in [3.8, 4) is 0 Å². The molecule has 1 aromatic heterocycles. The van der Waals surface area contributed by atoms with Crippen molar-refractivity contribution in [3.05, 3.63) is 5.82 Å². The van der Waals surface area contributed by atoms with Gasteiger partial charge in [0.15, 0.2) is 5.82 Å². The minimum atomic E-state index is -0.183. The van der Waals surface area contributed by atoms with Gasteiger partial charge < -0.3 is 9.64 Å². The lowest BCUT2D eigenvalue weighted by atomic mass is 9.98. The molecular formula is C12H19N5O2. The number of carbonyl (C=O) groups is 1. The van der Waals surface area contributed by atoms with Gasteiger partial charge in [0.1, 0.15) is 6.10 Å². The van der Waals surface area contributed by atoms with Crippen molar-refractivity contribution in [2.75, 3.05) is 13.1 Å². The molecule has 1 aliphatic carbocycles. The van der Waals surface area contributed by atoms with Crippen LogP contribution in [0.25, 0.3) is 0 Å². The molecule has 2 fully saturated rings. The Morgan fingerprint density at radius 2 is 2.11 bits per heavy atom. The van der Waals surface area contributed by atoms with Crippen molar-refractivity contribution >= 4 is 6.09 Å². The van der Waals surface area contributed by atoms with Gasteiger partial charge in [0.05, 0.1) is 0 Å². The van der Waals surface area contributed by atoms with Gasteiger partial charge in [-0.25, -0.2) is 4.79 Å². The monoisotopic (exact) mass is 265 g/mol. The smallest absolute Gasteiger partial charge is 0.410 e. The van der Waals surface area contributed by atoms with Crippen molar-refractivity contribution in [2.24, 2.45) is 0 Å². The molecule has 7 heteroatoms. The number of rotatable bonds is 2. The quantitative estimate of drug-likeness (QED) is 0.875. The first kappa shape index (κ1) is 12.4. The predicted octanol–water partition coefficient (Wildman–Crippen LogP) is 1.46. The Labute approximate surface area is 111 Å². The molecule has 19 heavy (non-hydrogen) atoms. The summed E-state index contributed by atoms with van der Waals surface area (Å²) in [5.41, 5.74) is 0. The van der Waals surface area contributed by atoms with Crippen LogP contribution >= 0.6 is 0 Å². The minimum absolute atomic E-state index is 0.116. The normalized spacial score (nSPS) is 24.6. The number of aromatic nitrogens is 4. The van der Waals surface area contributed by atoms with Gasteiger partial charge in [-0.1, -0.05) is 11.6 Å². The molecule has 0 aromatic carbocycles. The highest BCUT2D eigenvalue weighted by Gasteiger charge is 2.32. The molecule has 1 saturated heterocycles. The Balaban J connectivity index is 1.51. The second-order valence-electron chi connectivity index (χ2n) is 5.35. The first-order chi connectivity index (χ1) is 9.33. The third-order valence-electron chi connectivity index (χ3n) is 3.99. The zero-order chi connectivity index (χ0) is 13.1. The van der Waals surface area contributed by atoms with E-state index in [1.165, 1.54) is 19.3 Å². The largest absolute Gasteiger partial charge is 0.446 e. The molecule has 2 aliphatic rings. The average Bonchev–Trinajstić information content (AvgIpc) is 3.11. The maximum absolute atomic E-state index is 12.1. The summed E-state index contributed by atoms with van der Waals surface area (Å²) in [5.74, 6) is 0.866. The molecule has 104 valence electrons. The molecule has 1 aliphatic heterocycles. The standard InChI is InChI=1S/C12H19N5O2/c18-12(19-10-4-2-1-3-5-10)17-7-6-9(8-17)11-13-15-16-14-11/h9-10H,1-8H2,(H,13,14,15,16). The highest BCUT2D eigenvalue weighted by atomic mass is 16.6. The van der Waals surface area contributed by atoms with Gasteiger partial charge in [-0.05, 0) is 32.1 Å². The van der Waals surface area contributed by atoms with E-state index in [9.17, 15) is 4.79 Å². The van der Waals surface area contributed by atoms with Crippen LogP contribution in [0.3, 0.4) is 0 Å². The summed E-state index contributed by atoms with van der Waals surface area (Å²) in [6.45, 7) is 1.34. The Morgan fingerprint density at radius 1 is 1.26 bits per heavy atom. The van der Waals surface area contributed by atoms with Gasteiger partial charge >= 0.3 is 6.09 Å². The summed E-state index contributed by atoms with van der Waals surface area (Å²) < 4.78 is 5.56. The van der Waals surface area contributed by atoms with Gasteiger partial charge in [-0.2, -0.15) is 5.21 Å². The van der Waals surface area contributed by atoms with E-state index in [1.807, 2.05) is 0 Å². The number of carbonyl (C=O) groups excluding carboxylic acids is 1. The van der Waals surface area contributed by atoms with E-state index in [4.69, 9.17) is 4.74 Å². The van der Waals surface area contributed by atoms with Crippen LogP contribution in [0.4, 0.5) is 4.79 Å². The maximum atomic E-state index is 12.1. The maximum Gasteiger partial charge on any atom is 0.410 e. The number of H-pyrrole nitrogens is 1. The number of amides is 1. The van der Waals surface area contributed by atoms with Gasteiger partial charge in [0.2, 0.25) is 0 Å².